The Kier molecular flexibility index (Phi) is 3.97. The van der Waals surface area contributed by atoms with E-state index in [1.54, 1.807) is 17.8 Å². The van der Waals surface area contributed by atoms with E-state index in [1.165, 1.54) is 5.56 Å². The number of aromatic nitrogens is 2. The second-order valence-electron chi connectivity index (χ2n) is 3.68. The SMILES string of the molecule is CCn1cc(CSc2ccc(N)cc2Cl)cn1. The number of rotatable bonds is 4. The average molecular weight is 268 g/mol. The van der Waals surface area contributed by atoms with E-state index in [-0.39, 0.29) is 0 Å². The number of hydrogen-bond donors (Lipinski definition) is 1. The first-order valence-corrected chi connectivity index (χ1v) is 6.74. The van der Waals surface area contributed by atoms with E-state index in [0.29, 0.717) is 10.7 Å². The molecule has 0 saturated heterocycles. The van der Waals surface area contributed by atoms with Gasteiger partial charge < -0.3 is 5.73 Å². The fraction of sp³-hybridized carbons (Fsp3) is 0.250. The van der Waals surface area contributed by atoms with Crippen molar-refractivity contribution in [3.63, 3.8) is 0 Å². The summed E-state index contributed by atoms with van der Waals surface area (Å²) in [6.07, 6.45) is 3.94. The molecule has 0 amide bonds. The molecule has 0 radical (unpaired) electrons. The highest BCUT2D eigenvalue weighted by atomic mass is 35.5. The van der Waals surface area contributed by atoms with Crippen molar-refractivity contribution in [2.75, 3.05) is 5.73 Å². The summed E-state index contributed by atoms with van der Waals surface area (Å²) in [5.74, 6) is 0.865. The van der Waals surface area contributed by atoms with Crippen molar-refractivity contribution in [1.82, 2.24) is 9.78 Å². The van der Waals surface area contributed by atoms with Crippen LogP contribution in [-0.4, -0.2) is 9.78 Å². The highest BCUT2D eigenvalue weighted by Crippen LogP contribution is 2.30. The molecule has 0 aliphatic rings. The van der Waals surface area contributed by atoms with Gasteiger partial charge in [0.2, 0.25) is 0 Å². The van der Waals surface area contributed by atoms with Gasteiger partial charge in [-0.1, -0.05) is 11.6 Å². The third-order valence-electron chi connectivity index (χ3n) is 2.36. The molecule has 5 heteroatoms. The summed E-state index contributed by atoms with van der Waals surface area (Å²) < 4.78 is 1.92. The van der Waals surface area contributed by atoms with E-state index in [4.69, 9.17) is 17.3 Å². The van der Waals surface area contributed by atoms with Gasteiger partial charge in [0.1, 0.15) is 0 Å². The number of aryl methyl sites for hydroxylation is 1. The van der Waals surface area contributed by atoms with E-state index in [0.717, 1.165) is 17.2 Å². The number of nitrogens with two attached hydrogens (primary N) is 1. The van der Waals surface area contributed by atoms with Crippen molar-refractivity contribution in [2.24, 2.45) is 0 Å². The Morgan fingerprint density at radius 1 is 1.47 bits per heavy atom. The summed E-state index contributed by atoms with van der Waals surface area (Å²) in [5.41, 5.74) is 7.54. The smallest absolute Gasteiger partial charge is 0.0562 e. The second kappa shape index (κ2) is 5.47. The van der Waals surface area contributed by atoms with Crippen LogP contribution >= 0.6 is 23.4 Å². The Bertz CT molecular complexity index is 510. The molecule has 0 unspecified atom stereocenters. The molecule has 1 aromatic carbocycles. The molecule has 0 atom stereocenters. The minimum Gasteiger partial charge on any atom is -0.399 e. The second-order valence-corrected chi connectivity index (χ2v) is 5.11. The van der Waals surface area contributed by atoms with Gasteiger partial charge in [-0.15, -0.1) is 11.8 Å². The zero-order valence-electron chi connectivity index (χ0n) is 9.56. The minimum atomic E-state index is 0.693. The molecular weight excluding hydrogens is 254 g/mol. The van der Waals surface area contributed by atoms with Crippen molar-refractivity contribution in [1.29, 1.82) is 0 Å². The van der Waals surface area contributed by atoms with Crippen LogP contribution in [0.25, 0.3) is 0 Å². The molecule has 0 saturated carbocycles. The number of thioether (sulfide) groups is 1. The predicted octanol–water partition coefficient (Wildman–Crippen LogP) is 3.43. The molecule has 0 spiro atoms. The van der Waals surface area contributed by atoms with Crippen molar-refractivity contribution < 1.29 is 0 Å². The molecular formula is C12H14ClN3S. The largest absolute Gasteiger partial charge is 0.399 e. The first-order chi connectivity index (χ1) is 8.19. The monoisotopic (exact) mass is 267 g/mol. The minimum absolute atomic E-state index is 0.693. The Morgan fingerprint density at radius 2 is 2.29 bits per heavy atom. The maximum Gasteiger partial charge on any atom is 0.0562 e. The van der Waals surface area contributed by atoms with Crippen molar-refractivity contribution in [2.45, 2.75) is 24.1 Å². The van der Waals surface area contributed by atoms with E-state index in [9.17, 15) is 0 Å². The van der Waals surface area contributed by atoms with E-state index in [2.05, 4.69) is 18.2 Å². The van der Waals surface area contributed by atoms with Gasteiger partial charge in [-0.05, 0) is 25.1 Å². The van der Waals surface area contributed by atoms with Gasteiger partial charge in [0.15, 0.2) is 0 Å². The molecule has 0 fully saturated rings. The summed E-state index contributed by atoms with van der Waals surface area (Å²) in [7, 11) is 0. The standard InChI is InChI=1S/C12H14ClN3S/c1-2-16-7-9(6-15-16)8-17-12-4-3-10(14)5-11(12)13/h3-7H,2,8,14H2,1H3. The van der Waals surface area contributed by atoms with Crippen LogP contribution in [0.5, 0.6) is 0 Å². The van der Waals surface area contributed by atoms with Gasteiger partial charge in [0, 0.05) is 34.6 Å². The summed E-state index contributed by atoms with van der Waals surface area (Å²) in [4.78, 5) is 1.05. The Hall–Kier alpha value is -1.13. The predicted molar refractivity (Wildman–Crippen MR) is 73.3 cm³/mol. The van der Waals surface area contributed by atoms with Crippen LogP contribution in [0.1, 0.15) is 12.5 Å². The van der Waals surface area contributed by atoms with Gasteiger partial charge >= 0.3 is 0 Å². The Morgan fingerprint density at radius 3 is 2.94 bits per heavy atom. The van der Waals surface area contributed by atoms with Crippen LogP contribution < -0.4 is 5.73 Å². The van der Waals surface area contributed by atoms with Crippen LogP contribution in [0.3, 0.4) is 0 Å². The highest BCUT2D eigenvalue weighted by Gasteiger charge is 2.03. The van der Waals surface area contributed by atoms with Crippen molar-refractivity contribution in [3.05, 3.63) is 41.2 Å². The van der Waals surface area contributed by atoms with Crippen LogP contribution in [0.4, 0.5) is 5.69 Å². The lowest BCUT2D eigenvalue weighted by atomic mass is 10.3. The lowest BCUT2D eigenvalue weighted by Crippen LogP contribution is -1.92. The molecule has 0 aliphatic heterocycles. The van der Waals surface area contributed by atoms with E-state index < -0.39 is 0 Å². The summed E-state index contributed by atoms with van der Waals surface area (Å²) in [5, 5.41) is 4.94. The third-order valence-corrected chi connectivity index (χ3v) is 3.93. The molecule has 2 rings (SSSR count). The van der Waals surface area contributed by atoms with Crippen LogP contribution in [0, 0.1) is 0 Å². The molecule has 2 aromatic rings. The summed E-state index contributed by atoms with van der Waals surface area (Å²) >= 11 is 7.80. The normalized spacial score (nSPS) is 10.7. The van der Waals surface area contributed by atoms with Gasteiger partial charge in [-0.2, -0.15) is 5.10 Å². The number of halogens is 1. The molecule has 0 aliphatic carbocycles. The number of nitrogens with zero attached hydrogens (tertiary/aromatic N) is 2. The molecule has 1 heterocycles. The quantitative estimate of drug-likeness (QED) is 0.682. The summed E-state index contributed by atoms with van der Waals surface area (Å²) in [6.45, 7) is 2.97. The summed E-state index contributed by atoms with van der Waals surface area (Å²) in [6, 6.07) is 5.59. The third kappa shape index (κ3) is 3.17. The van der Waals surface area contributed by atoms with E-state index in [1.807, 2.05) is 23.0 Å². The Labute approximate surface area is 110 Å². The Balaban J connectivity index is 2.02. The highest BCUT2D eigenvalue weighted by molar-refractivity contribution is 7.98. The molecule has 3 nitrogen and oxygen atoms in total. The zero-order chi connectivity index (χ0) is 12.3. The fourth-order valence-electron chi connectivity index (χ4n) is 1.45. The van der Waals surface area contributed by atoms with Crippen LogP contribution in [0.2, 0.25) is 5.02 Å². The molecule has 2 N–H and O–H groups in total. The van der Waals surface area contributed by atoms with Gasteiger partial charge in [-0.25, -0.2) is 0 Å². The van der Waals surface area contributed by atoms with Crippen molar-refractivity contribution >= 4 is 29.1 Å². The first kappa shape index (κ1) is 12.3. The van der Waals surface area contributed by atoms with Gasteiger partial charge in [-0.3, -0.25) is 4.68 Å². The fourth-order valence-corrected chi connectivity index (χ4v) is 2.63. The zero-order valence-corrected chi connectivity index (χ0v) is 11.1. The van der Waals surface area contributed by atoms with E-state index >= 15 is 0 Å². The number of benzene rings is 1. The lowest BCUT2D eigenvalue weighted by Gasteiger charge is -2.03. The maximum atomic E-state index is 6.11. The molecule has 17 heavy (non-hydrogen) atoms. The van der Waals surface area contributed by atoms with Gasteiger partial charge in [0.05, 0.1) is 11.2 Å². The molecule has 1 aromatic heterocycles. The van der Waals surface area contributed by atoms with Crippen molar-refractivity contribution in [3.8, 4) is 0 Å². The van der Waals surface area contributed by atoms with Crippen LogP contribution in [0.15, 0.2) is 35.5 Å². The number of anilines is 1. The van der Waals surface area contributed by atoms with Gasteiger partial charge in [0.25, 0.3) is 0 Å². The first-order valence-electron chi connectivity index (χ1n) is 5.38. The number of nitrogen functional groups attached to an aromatic ring is 1. The maximum absolute atomic E-state index is 6.11. The molecule has 0 bridgehead atoms. The topological polar surface area (TPSA) is 43.8 Å². The number of hydrogen-bond acceptors (Lipinski definition) is 3. The average Bonchev–Trinajstić information content (AvgIpc) is 2.76. The van der Waals surface area contributed by atoms with Crippen LogP contribution in [-0.2, 0) is 12.3 Å². The molecule has 90 valence electrons. The lowest BCUT2D eigenvalue weighted by molar-refractivity contribution is 0.659.